The van der Waals surface area contributed by atoms with Crippen molar-refractivity contribution in [2.75, 3.05) is 99.9 Å². The van der Waals surface area contributed by atoms with E-state index >= 15 is 0 Å². The van der Waals surface area contributed by atoms with Crippen LogP contribution in [-0.2, 0) is 64.6 Å². The van der Waals surface area contributed by atoms with Gasteiger partial charge in [-0.3, -0.25) is 43.4 Å². The number of aromatic nitrogens is 3. The number of aromatic hydroxyl groups is 4. The van der Waals surface area contributed by atoms with Crippen LogP contribution in [0.2, 0.25) is 0 Å². The molecule has 6 amide bonds. The lowest BCUT2D eigenvalue weighted by Crippen LogP contribution is -2.39. The van der Waals surface area contributed by atoms with Crippen molar-refractivity contribution in [3.8, 4) is 96.1 Å². The summed E-state index contributed by atoms with van der Waals surface area (Å²) in [5, 5.41) is 62.5. The second-order valence-corrected chi connectivity index (χ2v) is 33.8. The predicted octanol–water partition coefficient (Wildman–Crippen LogP) is 18.3. The van der Waals surface area contributed by atoms with Gasteiger partial charge in [-0.2, -0.15) is 0 Å². The van der Waals surface area contributed by atoms with Gasteiger partial charge in [0.1, 0.15) is 41.2 Å². The number of amides is 6. The highest BCUT2D eigenvalue weighted by Gasteiger charge is 2.33. The van der Waals surface area contributed by atoms with Crippen molar-refractivity contribution >= 4 is 87.9 Å². The summed E-state index contributed by atoms with van der Waals surface area (Å²) < 4.78 is 23.8. The molecule has 0 spiro atoms. The third kappa shape index (κ3) is 27.2. The lowest BCUT2D eigenvalue weighted by molar-refractivity contribution is -0.130. The molecule has 0 unspecified atom stereocenters. The Morgan fingerprint density at radius 3 is 1.15 bits per heavy atom. The zero-order chi connectivity index (χ0) is 93.2. The molecule has 30 heteroatoms. The van der Waals surface area contributed by atoms with Crippen molar-refractivity contribution < 1.29 is 72.3 Å². The SMILES string of the molecule is CCC.CCNC(=O)c1noc(-c2cc(C(C)C)c(C)cc2OCc2ccccc2)c1-c1ccc2c(c1)CCCC2.CCNC(=O)c1noc(-c2cc(C(C)C)c(O)cc2O)c1-c1ccc2c(c1)CCN(CC(=O)N(C)C)C2.CCNC(=O)c1noc(-c2cc(C(C)C)c(O)cc2O)c1-c1ccc2c(c1)CCN(CC(=O)N(C)C)C2.CN(C)C(=O)CCl.Cl.O=C(Cl)CCl. The monoisotopic (exact) mass is 1830 g/mol. The maximum Gasteiger partial charge on any atom is 0.274 e. The zero-order valence-electron chi connectivity index (χ0n) is 76.6. The van der Waals surface area contributed by atoms with Gasteiger partial charge >= 0.3 is 0 Å². The summed E-state index contributed by atoms with van der Waals surface area (Å²) >= 11 is 14.7. The molecular formula is C98H123Cl4N11O15. The molecule has 0 atom stereocenters. The van der Waals surface area contributed by atoms with Crippen LogP contribution >= 0.6 is 47.2 Å². The highest BCUT2D eigenvalue weighted by atomic mass is 35.5. The van der Waals surface area contributed by atoms with Crippen molar-refractivity contribution in [3.63, 3.8) is 0 Å². The Kier molecular flexibility index (Phi) is 40.0. The summed E-state index contributed by atoms with van der Waals surface area (Å²) in [4.78, 5) is 91.9. The van der Waals surface area contributed by atoms with Gasteiger partial charge in [0.25, 0.3) is 17.7 Å². The van der Waals surface area contributed by atoms with Gasteiger partial charge in [0.15, 0.2) is 34.4 Å². The smallest absolute Gasteiger partial charge is 0.274 e. The molecule has 7 N–H and O–H groups in total. The molecule has 0 saturated heterocycles. The summed E-state index contributed by atoms with van der Waals surface area (Å²) in [6, 6.07) is 38.7. The molecule has 3 aliphatic rings. The Balaban J connectivity index is 0.000000242. The van der Waals surface area contributed by atoms with Crippen molar-refractivity contribution in [2.24, 2.45) is 0 Å². The van der Waals surface area contributed by atoms with Crippen LogP contribution in [0.3, 0.4) is 0 Å². The summed E-state index contributed by atoms with van der Waals surface area (Å²) in [5.41, 5.74) is 18.1. The second-order valence-electron chi connectivity index (χ2n) is 32.9. The van der Waals surface area contributed by atoms with Crippen molar-refractivity contribution in [2.45, 2.75) is 165 Å². The molecule has 1 aliphatic carbocycles. The first kappa shape index (κ1) is 104. The number of phenols is 4. The molecule has 2 aliphatic heterocycles. The van der Waals surface area contributed by atoms with E-state index in [-0.39, 0.29) is 117 Å². The van der Waals surface area contributed by atoms with E-state index in [4.69, 9.17) is 53.1 Å². The molecule has 0 bridgehead atoms. The molecule has 688 valence electrons. The van der Waals surface area contributed by atoms with E-state index in [0.29, 0.717) is 114 Å². The highest BCUT2D eigenvalue weighted by molar-refractivity contribution is 6.67. The third-order valence-electron chi connectivity index (χ3n) is 21.5. The van der Waals surface area contributed by atoms with E-state index in [1.165, 1.54) is 53.0 Å². The number of benzene rings is 7. The van der Waals surface area contributed by atoms with Crippen LogP contribution in [0.15, 0.2) is 135 Å². The van der Waals surface area contributed by atoms with E-state index in [9.17, 15) is 54.0 Å². The van der Waals surface area contributed by atoms with E-state index in [0.717, 1.165) is 94.4 Å². The van der Waals surface area contributed by atoms with Gasteiger partial charge in [0.05, 0.1) is 52.4 Å². The normalized spacial score (nSPS) is 12.5. The number of hydrogen-bond acceptors (Lipinski definition) is 20. The quantitative estimate of drug-likeness (QED) is 0.0218. The summed E-state index contributed by atoms with van der Waals surface area (Å²) in [7, 11) is 10.4. The third-order valence-corrected chi connectivity index (χ3v) is 22.2. The maximum atomic E-state index is 13.1. The lowest BCUT2D eigenvalue weighted by Gasteiger charge is -2.29. The van der Waals surface area contributed by atoms with Gasteiger partial charge in [-0.15, -0.1) is 35.6 Å². The number of rotatable bonds is 24. The van der Waals surface area contributed by atoms with Gasteiger partial charge in [-0.05, 0) is 198 Å². The number of hydrogen-bond donors (Lipinski definition) is 7. The van der Waals surface area contributed by atoms with E-state index in [1.54, 1.807) is 64.2 Å². The molecule has 26 nitrogen and oxygen atoms in total. The summed E-state index contributed by atoms with van der Waals surface area (Å²) in [5.74, 6) is 0.835. The number of carbonyl (C=O) groups is 7. The van der Waals surface area contributed by atoms with Crippen LogP contribution in [0.4, 0.5) is 0 Å². The Bertz CT molecular complexity index is 5270. The van der Waals surface area contributed by atoms with Crippen molar-refractivity contribution in [1.82, 2.24) is 55.9 Å². The molecule has 0 radical (unpaired) electrons. The minimum Gasteiger partial charge on any atom is -0.508 e. The first-order chi connectivity index (χ1) is 60.5. The molecule has 0 fully saturated rings. The lowest BCUT2D eigenvalue weighted by atomic mass is 9.87. The Morgan fingerprint density at radius 1 is 0.453 bits per heavy atom. The van der Waals surface area contributed by atoms with Crippen LogP contribution in [0, 0.1) is 6.92 Å². The number of fused-ring (bicyclic) bond motifs is 3. The van der Waals surface area contributed by atoms with Gasteiger partial charge in [-0.25, -0.2) is 0 Å². The standard InChI is InChI=1S/C33H36N2O3.2C28H34N4O5.C4H8ClNO.C3H8.C2H2Cl2O.ClH/c1-5-34-33(36)31-30(26-16-15-24-13-9-10-14-25(24)18-26)32(38-35-31)28-19-27(21(2)3)22(4)17-29(28)37-20-23-11-7-6-8-12-23;2*1-6-29-28(36)26-25(27(37-30-26)21-12-20(16(2)3)22(33)13-23(21)34)18-7-8-19-14-32(10-9-17(19)11-18)15-24(35)31(4)5;1-6(2)4(7)3-5;1-3-2;3-1-2(4)5;/h6-8,11-12,15-19,21H,5,9-10,13-14,20H2,1-4H3,(H,34,36);2*7-8,11-13,16,33-34H,6,9-10,14-15H2,1-5H3,(H,29,36);3H2,1-2H3;3H2,1-2H3;1H2;1H. The zero-order valence-corrected chi connectivity index (χ0v) is 79.7. The van der Waals surface area contributed by atoms with Crippen molar-refractivity contribution in [3.05, 3.63) is 200 Å². The molecular weight excluding hydrogens is 1710 g/mol. The topological polar surface area (TPSA) is 340 Å². The van der Waals surface area contributed by atoms with Crippen LogP contribution in [0.25, 0.3) is 67.4 Å². The average molecular weight is 1840 g/mol. The molecule has 5 heterocycles. The van der Waals surface area contributed by atoms with Crippen LogP contribution in [0.1, 0.15) is 206 Å². The van der Waals surface area contributed by atoms with Crippen LogP contribution in [0.5, 0.6) is 28.7 Å². The van der Waals surface area contributed by atoms with Crippen LogP contribution in [-0.4, -0.2) is 201 Å². The number of nitrogens with zero attached hydrogens (tertiary/aromatic N) is 8. The number of alkyl halides is 2. The first-order valence-corrected chi connectivity index (χ1v) is 44.5. The number of carbonyl (C=O) groups excluding carboxylic acids is 7. The highest BCUT2D eigenvalue weighted by Crippen LogP contribution is 2.48. The number of halogens is 4. The molecule has 128 heavy (non-hydrogen) atoms. The Hall–Kier alpha value is -11.3. The summed E-state index contributed by atoms with van der Waals surface area (Å²) in [6.07, 6.45) is 7.31. The largest absolute Gasteiger partial charge is 0.508 e. The fraction of sp³-hybridized carbons (Fsp3) is 0.408. The first-order valence-electron chi connectivity index (χ1n) is 43.0. The van der Waals surface area contributed by atoms with E-state index in [1.807, 2.05) is 103 Å². The fourth-order valence-electron chi connectivity index (χ4n) is 14.7. The predicted molar refractivity (Wildman–Crippen MR) is 507 cm³/mol. The van der Waals surface area contributed by atoms with E-state index < -0.39 is 5.24 Å². The fourth-order valence-corrected chi connectivity index (χ4v) is 15.0. The number of aryl methyl sites for hydroxylation is 3. The molecule has 7 aromatic carbocycles. The Morgan fingerprint density at radius 2 is 0.805 bits per heavy atom. The number of phenolic OH excluding ortho intramolecular Hbond substituents is 4. The van der Waals surface area contributed by atoms with Crippen LogP contribution < -0.4 is 20.7 Å². The van der Waals surface area contributed by atoms with Gasteiger partial charge < -0.3 is 69.4 Å². The minimum atomic E-state index is -0.508. The van der Waals surface area contributed by atoms with Gasteiger partial charge in [0, 0.05) is 100 Å². The molecule has 3 aromatic heterocycles. The summed E-state index contributed by atoms with van der Waals surface area (Å²) in [6.45, 7) is 29.4. The van der Waals surface area contributed by atoms with Gasteiger partial charge in [-0.1, -0.05) is 162 Å². The van der Waals surface area contributed by atoms with Crippen molar-refractivity contribution in [1.29, 1.82) is 0 Å². The molecule has 13 rings (SSSR count). The van der Waals surface area contributed by atoms with E-state index in [2.05, 4.69) is 118 Å². The number of likely N-dealkylation sites (N-methyl/N-ethyl adjacent to an activating group) is 2. The molecule has 0 saturated carbocycles. The average Bonchev–Trinajstić information content (AvgIpc) is 1.59. The number of nitrogens with one attached hydrogen (secondary N) is 3. The maximum absolute atomic E-state index is 13.1. The minimum absolute atomic E-state index is 0. The number of ether oxygens (including phenoxy) is 1. The second kappa shape index (κ2) is 49.3. The Labute approximate surface area is 772 Å². The molecule has 10 aromatic rings. The van der Waals surface area contributed by atoms with Gasteiger partial charge in [0.2, 0.25) is 23.0 Å².